The van der Waals surface area contributed by atoms with Gasteiger partial charge in [-0.2, -0.15) is 4.31 Å². The van der Waals surface area contributed by atoms with Crippen LogP contribution in [0, 0.1) is 5.82 Å². The topological polar surface area (TPSA) is 92.2 Å². The molecule has 2 fully saturated rings. The number of hydrogen-bond donors (Lipinski definition) is 0. The third-order valence-electron chi connectivity index (χ3n) is 6.48. The van der Waals surface area contributed by atoms with Crippen molar-refractivity contribution >= 4 is 44.8 Å². The Morgan fingerprint density at radius 1 is 1.37 bits per heavy atom. The molecule has 12 heteroatoms. The van der Waals surface area contributed by atoms with Crippen LogP contribution in [0.25, 0.3) is 0 Å². The van der Waals surface area contributed by atoms with E-state index >= 15 is 0 Å². The number of halogens is 2. The lowest BCUT2D eigenvalue weighted by Crippen LogP contribution is -2.42. The minimum Gasteiger partial charge on any atom is -0.463 e. The Labute approximate surface area is 212 Å². The van der Waals surface area contributed by atoms with Crippen LogP contribution in [0.4, 0.5) is 4.39 Å². The van der Waals surface area contributed by atoms with Gasteiger partial charge in [0.2, 0.25) is 10.0 Å². The number of nitrogens with zero attached hydrogens (tertiary/aromatic N) is 4. The number of carbonyl (C=O) groups is 1. The molecule has 0 amide bonds. The third-order valence-corrected chi connectivity index (χ3v) is 9.99. The van der Waals surface area contributed by atoms with E-state index in [1.54, 1.807) is 20.2 Å². The molecule has 0 bridgehead atoms. The Kier molecular flexibility index (Phi) is 6.45. The van der Waals surface area contributed by atoms with E-state index in [4.69, 9.17) is 21.3 Å². The summed E-state index contributed by atoms with van der Waals surface area (Å²) in [4.78, 5) is 24.4. The summed E-state index contributed by atoms with van der Waals surface area (Å²) in [5.41, 5.74) is 1.36. The van der Waals surface area contributed by atoms with Gasteiger partial charge in [-0.1, -0.05) is 17.7 Å². The van der Waals surface area contributed by atoms with Crippen molar-refractivity contribution in [2.45, 2.75) is 43.5 Å². The van der Waals surface area contributed by atoms with Gasteiger partial charge >= 0.3 is 5.97 Å². The van der Waals surface area contributed by atoms with Crippen LogP contribution >= 0.6 is 22.9 Å². The summed E-state index contributed by atoms with van der Waals surface area (Å²) >= 11 is 7.79. The number of likely N-dealkylation sites (N-methyl/N-ethyl adjacent to an activating group) is 1. The number of sulfonamides is 1. The molecule has 1 saturated carbocycles. The molecule has 8 nitrogen and oxygen atoms in total. The summed E-state index contributed by atoms with van der Waals surface area (Å²) < 4.78 is 46.6. The van der Waals surface area contributed by atoms with E-state index in [2.05, 4.69) is 4.98 Å². The molecule has 0 spiro atoms. The fourth-order valence-corrected chi connectivity index (χ4v) is 7.22. The Morgan fingerprint density at radius 2 is 2.14 bits per heavy atom. The highest BCUT2D eigenvalue weighted by Crippen LogP contribution is 2.44. The predicted octanol–water partition coefficient (Wildman–Crippen LogP) is 3.75. The minimum atomic E-state index is -3.44. The average molecular weight is 539 g/mol. The van der Waals surface area contributed by atoms with Crippen LogP contribution in [-0.4, -0.2) is 65.9 Å². The van der Waals surface area contributed by atoms with Gasteiger partial charge in [0.15, 0.2) is 10.8 Å². The number of amidine groups is 1. The molecule has 2 aromatic rings. The monoisotopic (exact) mass is 538 g/mol. The van der Waals surface area contributed by atoms with Crippen LogP contribution in [0.1, 0.15) is 42.8 Å². The average Bonchev–Trinajstić information content (AvgIpc) is 3.37. The highest BCUT2D eigenvalue weighted by molar-refractivity contribution is 7.90. The zero-order chi connectivity index (χ0) is 24.9. The highest BCUT2D eigenvalue weighted by atomic mass is 35.5. The molecule has 0 radical (unpaired) electrons. The van der Waals surface area contributed by atoms with E-state index in [1.807, 2.05) is 10.3 Å². The minimum absolute atomic E-state index is 0.135. The van der Waals surface area contributed by atoms with Gasteiger partial charge in [-0.15, -0.1) is 11.3 Å². The quantitative estimate of drug-likeness (QED) is 0.499. The van der Waals surface area contributed by atoms with Gasteiger partial charge in [0, 0.05) is 53.9 Å². The summed E-state index contributed by atoms with van der Waals surface area (Å²) in [6.45, 7) is 2.19. The number of rotatable bonds is 7. The fourth-order valence-electron chi connectivity index (χ4n) is 4.55. The number of hydrogen-bond acceptors (Lipinski definition) is 8. The normalized spacial score (nSPS) is 22.4. The van der Waals surface area contributed by atoms with Gasteiger partial charge in [0.1, 0.15) is 11.9 Å². The van der Waals surface area contributed by atoms with Crippen molar-refractivity contribution in [1.29, 1.82) is 0 Å². The molecule has 2 atom stereocenters. The van der Waals surface area contributed by atoms with Crippen molar-refractivity contribution in [3.8, 4) is 0 Å². The molecule has 0 N–H and O–H groups in total. The molecule has 1 saturated heterocycles. The number of fused-ring (bicyclic) bond motifs is 1. The van der Waals surface area contributed by atoms with Crippen LogP contribution in [-0.2, 0) is 19.6 Å². The molecule has 1 aliphatic carbocycles. The zero-order valence-corrected chi connectivity index (χ0v) is 21.5. The number of ether oxygens (including phenoxy) is 1. The molecule has 186 valence electrons. The largest absolute Gasteiger partial charge is 0.463 e. The Morgan fingerprint density at radius 3 is 2.77 bits per heavy atom. The van der Waals surface area contributed by atoms with Crippen molar-refractivity contribution in [2.75, 3.05) is 20.2 Å². The molecule has 0 unspecified atom stereocenters. The van der Waals surface area contributed by atoms with Crippen molar-refractivity contribution in [3.63, 3.8) is 0 Å². The maximum absolute atomic E-state index is 13.8. The van der Waals surface area contributed by atoms with Gasteiger partial charge in [-0.05, 0) is 31.9 Å². The first kappa shape index (κ1) is 24.4. The van der Waals surface area contributed by atoms with Crippen LogP contribution in [0.3, 0.4) is 0 Å². The molecule has 1 aromatic carbocycles. The maximum Gasteiger partial charge on any atom is 0.338 e. The van der Waals surface area contributed by atoms with E-state index in [1.165, 1.54) is 33.8 Å². The van der Waals surface area contributed by atoms with Gasteiger partial charge in [-0.3, -0.25) is 4.99 Å². The number of thiazole rings is 1. The molecule has 2 aliphatic heterocycles. The molecular weight excluding hydrogens is 515 g/mol. The second kappa shape index (κ2) is 9.27. The Hall–Kier alpha value is -2.34. The summed E-state index contributed by atoms with van der Waals surface area (Å²) in [7, 11) is -1.84. The molecule has 3 aliphatic rings. The van der Waals surface area contributed by atoms with E-state index in [-0.39, 0.29) is 22.5 Å². The highest BCUT2D eigenvalue weighted by Gasteiger charge is 2.47. The van der Waals surface area contributed by atoms with Crippen molar-refractivity contribution < 1.29 is 22.3 Å². The lowest BCUT2D eigenvalue weighted by molar-refractivity contribution is -0.139. The molecule has 5 rings (SSSR count). The summed E-state index contributed by atoms with van der Waals surface area (Å²) in [5, 5.41) is 2.23. The summed E-state index contributed by atoms with van der Waals surface area (Å²) in [6, 6.07) is 2.72. The smallest absolute Gasteiger partial charge is 0.338 e. The lowest BCUT2D eigenvalue weighted by atomic mass is 9.94. The fraction of sp³-hybridized carbons (Fsp3) is 0.435. The van der Waals surface area contributed by atoms with E-state index in [0.29, 0.717) is 47.9 Å². The first-order valence-electron chi connectivity index (χ1n) is 11.3. The molecule has 35 heavy (non-hydrogen) atoms. The first-order chi connectivity index (χ1) is 16.7. The van der Waals surface area contributed by atoms with Crippen molar-refractivity contribution in [3.05, 3.63) is 62.5 Å². The number of aliphatic imine (C=N–C) groups is 1. The number of carbonyl (C=O) groups excluding carboxylic acids is 1. The molecule has 3 heterocycles. The molecular formula is C23H24ClFN4O4S2. The van der Waals surface area contributed by atoms with Crippen molar-refractivity contribution in [1.82, 2.24) is 14.2 Å². The maximum atomic E-state index is 13.8. The standard InChI is InChI=1S/C23H24ClFN4O4S2/c1-3-33-23(30)19-18-11-14(28(2)35(31,32)15-5-6-15)12-29(18)21(22-26-8-9-34-22)27-20(19)16-7-4-13(25)10-17(16)24/h4,7-10,14-15,20H,3,5-6,11-12H2,1-2H3/t14-,20-/m0/s1. The molecule has 1 aromatic heterocycles. The first-order valence-corrected chi connectivity index (χ1v) is 14.1. The van der Waals surface area contributed by atoms with Crippen LogP contribution < -0.4 is 0 Å². The summed E-state index contributed by atoms with van der Waals surface area (Å²) in [6.07, 6.45) is 3.29. The number of aromatic nitrogens is 1. The Balaban J connectivity index is 1.65. The van der Waals surface area contributed by atoms with Gasteiger partial charge < -0.3 is 9.64 Å². The van der Waals surface area contributed by atoms with Crippen LogP contribution in [0.2, 0.25) is 5.02 Å². The second-order valence-corrected chi connectivity index (χ2v) is 12.2. The van der Waals surface area contributed by atoms with E-state index in [0.717, 1.165) is 0 Å². The number of esters is 1. The third kappa shape index (κ3) is 4.39. The van der Waals surface area contributed by atoms with E-state index < -0.39 is 33.9 Å². The Bertz CT molecular complexity index is 1320. The van der Waals surface area contributed by atoms with Crippen LogP contribution in [0.5, 0.6) is 0 Å². The van der Waals surface area contributed by atoms with Crippen LogP contribution in [0.15, 0.2) is 46.0 Å². The lowest BCUT2D eigenvalue weighted by Gasteiger charge is -2.32. The second-order valence-electron chi connectivity index (χ2n) is 8.67. The van der Waals surface area contributed by atoms with Crippen molar-refractivity contribution in [2.24, 2.45) is 4.99 Å². The predicted molar refractivity (Wildman–Crippen MR) is 131 cm³/mol. The van der Waals surface area contributed by atoms with Gasteiger partial charge in [0.05, 0.1) is 17.4 Å². The number of benzene rings is 1. The SMILES string of the molecule is CCOC(=O)C1=C2C[C@H](N(C)S(=O)(=O)C3CC3)CN2C(c2nccs2)=N[C@H]1c1ccc(F)cc1Cl. The summed E-state index contributed by atoms with van der Waals surface area (Å²) in [5.74, 6) is -0.542. The zero-order valence-electron chi connectivity index (χ0n) is 19.1. The van der Waals surface area contributed by atoms with Gasteiger partial charge in [0.25, 0.3) is 0 Å². The van der Waals surface area contributed by atoms with E-state index in [9.17, 15) is 17.6 Å². The van der Waals surface area contributed by atoms with Gasteiger partial charge in [-0.25, -0.2) is 22.6 Å².